The molecule has 1 aromatic rings. The van der Waals surface area contributed by atoms with Crippen LogP contribution in [0.5, 0.6) is 0 Å². The van der Waals surface area contributed by atoms with E-state index in [0.717, 1.165) is 0 Å². The van der Waals surface area contributed by atoms with Gasteiger partial charge in [-0.2, -0.15) is 0 Å². The second-order valence-corrected chi connectivity index (χ2v) is 3.47. The van der Waals surface area contributed by atoms with E-state index < -0.39 is 5.91 Å². The summed E-state index contributed by atoms with van der Waals surface area (Å²) in [6.07, 6.45) is 1.49. The number of anilines is 1. The van der Waals surface area contributed by atoms with Crippen LogP contribution in [0, 0.1) is 3.70 Å². The van der Waals surface area contributed by atoms with Crippen molar-refractivity contribution in [1.29, 1.82) is 0 Å². The lowest BCUT2D eigenvalue weighted by atomic mass is 10.4. The summed E-state index contributed by atoms with van der Waals surface area (Å²) in [5.74, 6) is -0.283. The Morgan fingerprint density at radius 2 is 2.50 bits per heavy atom. The summed E-state index contributed by atoms with van der Waals surface area (Å²) in [5.41, 5.74) is 5.60. The topological polar surface area (TPSA) is 90.1 Å². The minimum atomic E-state index is -0.393. The van der Waals surface area contributed by atoms with Gasteiger partial charge >= 0.3 is 0 Å². The van der Waals surface area contributed by atoms with Crippen LogP contribution in [0.2, 0.25) is 0 Å². The maximum atomic E-state index is 11.4. The summed E-state index contributed by atoms with van der Waals surface area (Å²) in [5, 5.41) is 2.47. The number of nitrogens with one attached hydrogen (secondary N) is 1. The Balaban J connectivity index is 2.83. The van der Waals surface area contributed by atoms with Gasteiger partial charge in [-0.15, -0.1) is 0 Å². The molecule has 3 N–H and O–H groups in total. The number of nitrogen functional groups attached to an aromatic ring is 1. The maximum Gasteiger partial charge on any atom is 0.275 e. The first-order valence-electron chi connectivity index (χ1n) is 3.70. The molecule has 0 atom stereocenters. The summed E-state index contributed by atoms with van der Waals surface area (Å²) in [6, 6.07) is 0. The first-order chi connectivity index (χ1) is 6.65. The monoisotopic (exact) mass is 308 g/mol. The molecule has 1 rings (SSSR count). The average molecular weight is 308 g/mol. The standard InChI is InChI=1S/C7H9IN4O2/c1-14-3-11-7(13)5-6(9)10-2-4(8)12-5/h2H,3H2,1H3,(H2,9,10)(H,11,13). The summed E-state index contributed by atoms with van der Waals surface area (Å²) < 4.78 is 5.29. The number of methoxy groups -OCH3 is 1. The van der Waals surface area contributed by atoms with Gasteiger partial charge in [-0.25, -0.2) is 9.97 Å². The third-order valence-electron chi connectivity index (χ3n) is 1.36. The third kappa shape index (κ3) is 2.77. The van der Waals surface area contributed by atoms with Crippen LogP contribution >= 0.6 is 22.6 Å². The molecule has 0 unspecified atom stereocenters. The number of nitrogens with zero attached hydrogens (tertiary/aromatic N) is 2. The number of carbonyl (C=O) groups excluding carboxylic acids is 1. The number of carbonyl (C=O) groups is 1. The molecule has 6 nitrogen and oxygen atoms in total. The normalized spacial score (nSPS) is 9.86. The zero-order valence-corrected chi connectivity index (χ0v) is 9.61. The van der Waals surface area contributed by atoms with Crippen LogP contribution in [0.3, 0.4) is 0 Å². The number of amides is 1. The highest BCUT2D eigenvalue weighted by Crippen LogP contribution is 2.07. The predicted octanol–water partition coefficient (Wildman–Crippen LogP) is -0.00290. The lowest BCUT2D eigenvalue weighted by Crippen LogP contribution is -2.27. The van der Waals surface area contributed by atoms with Gasteiger partial charge in [-0.05, 0) is 22.6 Å². The molecular weight excluding hydrogens is 299 g/mol. The number of hydrogen-bond acceptors (Lipinski definition) is 5. The highest BCUT2D eigenvalue weighted by molar-refractivity contribution is 14.1. The fraction of sp³-hybridized carbons (Fsp3) is 0.286. The van der Waals surface area contributed by atoms with E-state index in [1.807, 2.05) is 22.6 Å². The number of rotatable bonds is 3. The Kier molecular flexibility index (Phi) is 4.01. The van der Waals surface area contributed by atoms with E-state index in [2.05, 4.69) is 20.0 Å². The van der Waals surface area contributed by atoms with Crippen LogP contribution in [0.25, 0.3) is 0 Å². The van der Waals surface area contributed by atoms with Gasteiger partial charge in [0.1, 0.15) is 10.4 Å². The minimum Gasteiger partial charge on any atom is -0.382 e. The van der Waals surface area contributed by atoms with Crippen molar-refractivity contribution < 1.29 is 9.53 Å². The number of aromatic nitrogens is 2. The first-order valence-corrected chi connectivity index (χ1v) is 4.78. The van der Waals surface area contributed by atoms with Gasteiger partial charge in [0.15, 0.2) is 11.5 Å². The molecule has 0 aromatic carbocycles. The zero-order chi connectivity index (χ0) is 10.6. The molecule has 0 fully saturated rings. The van der Waals surface area contributed by atoms with E-state index in [9.17, 15) is 4.79 Å². The van der Waals surface area contributed by atoms with Crippen LogP contribution in [0.1, 0.15) is 10.5 Å². The fourth-order valence-corrected chi connectivity index (χ4v) is 1.15. The first kappa shape index (κ1) is 11.1. The van der Waals surface area contributed by atoms with E-state index in [-0.39, 0.29) is 18.2 Å². The van der Waals surface area contributed by atoms with Gasteiger partial charge in [0.2, 0.25) is 0 Å². The van der Waals surface area contributed by atoms with Crippen molar-refractivity contribution in [3.05, 3.63) is 15.6 Å². The molecule has 0 aliphatic rings. The molecule has 76 valence electrons. The number of nitrogens with two attached hydrogens (primary N) is 1. The van der Waals surface area contributed by atoms with Crippen molar-refractivity contribution in [1.82, 2.24) is 15.3 Å². The van der Waals surface area contributed by atoms with Gasteiger partial charge in [-0.3, -0.25) is 4.79 Å². The third-order valence-corrected chi connectivity index (χ3v) is 1.88. The molecule has 0 saturated heterocycles. The van der Waals surface area contributed by atoms with Crippen LogP contribution in [0.15, 0.2) is 6.20 Å². The molecule has 7 heteroatoms. The van der Waals surface area contributed by atoms with E-state index >= 15 is 0 Å². The Hall–Kier alpha value is -0.960. The van der Waals surface area contributed by atoms with Gasteiger partial charge in [0.25, 0.3) is 5.91 Å². The highest BCUT2D eigenvalue weighted by Gasteiger charge is 2.12. The molecule has 0 aliphatic carbocycles. The van der Waals surface area contributed by atoms with Crippen LogP contribution < -0.4 is 11.1 Å². The van der Waals surface area contributed by atoms with Crippen molar-refractivity contribution in [3.63, 3.8) is 0 Å². The Morgan fingerprint density at radius 3 is 3.14 bits per heavy atom. The van der Waals surface area contributed by atoms with Crippen LogP contribution in [0.4, 0.5) is 5.82 Å². The van der Waals surface area contributed by atoms with Crippen molar-refractivity contribution in [2.45, 2.75) is 0 Å². The van der Waals surface area contributed by atoms with Gasteiger partial charge in [0, 0.05) is 7.11 Å². The van der Waals surface area contributed by atoms with Crippen molar-refractivity contribution in [3.8, 4) is 0 Å². The fourth-order valence-electron chi connectivity index (χ4n) is 0.765. The smallest absolute Gasteiger partial charge is 0.275 e. The van der Waals surface area contributed by atoms with E-state index in [4.69, 9.17) is 5.73 Å². The van der Waals surface area contributed by atoms with E-state index in [1.54, 1.807) is 0 Å². The molecule has 0 aliphatic heterocycles. The van der Waals surface area contributed by atoms with Crippen LogP contribution in [-0.2, 0) is 4.74 Å². The van der Waals surface area contributed by atoms with Gasteiger partial charge in [-0.1, -0.05) is 0 Å². The quantitative estimate of drug-likeness (QED) is 0.606. The molecule has 0 radical (unpaired) electrons. The predicted molar refractivity (Wildman–Crippen MR) is 58.5 cm³/mol. The largest absolute Gasteiger partial charge is 0.382 e. The second-order valence-electron chi connectivity index (χ2n) is 2.37. The second kappa shape index (κ2) is 5.05. The number of hydrogen-bond donors (Lipinski definition) is 2. The minimum absolute atomic E-state index is 0.110. The summed E-state index contributed by atoms with van der Waals surface area (Å²) in [7, 11) is 1.48. The Morgan fingerprint density at radius 1 is 1.79 bits per heavy atom. The molecule has 0 bridgehead atoms. The molecule has 1 aromatic heterocycles. The molecule has 1 amide bonds. The number of halogens is 1. The van der Waals surface area contributed by atoms with Crippen LogP contribution in [-0.4, -0.2) is 29.7 Å². The Labute approximate surface area is 94.4 Å². The zero-order valence-electron chi connectivity index (χ0n) is 7.45. The van der Waals surface area contributed by atoms with Gasteiger partial charge in [0.05, 0.1) is 6.20 Å². The molecule has 0 saturated carbocycles. The summed E-state index contributed by atoms with van der Waals surface area (Å²) in [6.45, 7) is 0.116. The number of ether oxygens (including phenoxy) is 1. The van der Waals surface area contributed by atoms with Crippen molar-refractivity contribution >= 4 is 34.3 Å². The maximum absolute atomic E-state index is 11.4. The SMILES string of the molecule is COCNC(=O)c1nc(I)cnc1N. The summed E-state index contributed by atoms with van der Waals surface area (Å²) >= 11 is 1.95. The van der Waals surface area contributed by atoms with Crippen molar-refractivity contribution in [2.75, 3.05) is 19.6 Å². The van der Waals surface area contributed by atoms with Crippen molar-refractivity contribution in [2.24, 2.45) is 0 Å². The lowest BCUT2D eigenvalue weighted by molar-refractivity contribution is 0.0867. The molecule has 0 spiro atoms. The summed E-state index contributed by atoms with van der Waals surface area (Å²) in [4.78, 5) is 19.2. The van der Waals surface area contributed by atoms with Gasteiger partial charge < -0.3 is 15.8 Å². The molecule has 14 heavy (non-hydrogen) atoms. The lowest BCUT2D eigenvalue weighted by Gasteiger charge is -2.04. The molecular formula is C7H9IN4O2. The van der Waals surface area contributed by atoms with E-state index in [0.29, 0.717) is 3.70 Å². The average Bonchev–Trinajstić information content (AvgIpc) is 2.18. The molecule has 1 heterocycles. The van der Waals surface area contributed by atoms with E-state index in [1.165, 1.54) is 13.3 Å². The Bertz CT molecular complexity index is 344. The highest BCUT2D eigenvalue weighted by atomic mass is 127.